The zero-order valence-corrected chi connectivity index (χ0v) is 16.7. The lowest BCUT2D eigenvalue weighted by Gasteiger charge is -2.36. The highest BCUT2D eigenvalue weighted by Gasteiger charge is 2.39. The van der Waals surface area contributed by atoms with Gasteiger partial charge in [-0.3, -0.25) is 4.79 Å². The highest BCUT2D eigenvalue weighted by atomic mass is 79.9. The molecular weight excluding hydrogens is 432 g/mol. The standard InChI is InChI=1S/C16H18Br2O3S/c1-10-11(16(2,3)8-13(18)15(10)19)9-22(20,21)14-7-5-4-6-12(14)17/h4-7,13H,8-9H2,1-3H3. The van der Waals surface area contributed by atoms with Crippen molar-refractivity contribution in [3.63, 3.8) is 0 Å². The fourth-order valence-electron chi connectivity index (χ4n) is 2.82. The van der Waals surface area contributed by atoms with E-state index in [1.165, 1.54) is 0 Å². The average Bonchev–Trinajstić information content (AvgIpc) is 2.41. The molecule has 1 aliphatic carbocycles. The number of ketones is 1. The van der Waals surface area contributed by atoms with E-state index in [1.807, 2.05) is 13.8 Å². The number of rotatable bonds is 3. The monoisotopic (exact) mass is 448 g/mol. The predicted octanol–water partition coefficient (Wildman–Crippen LogP) is 4.30. The van der Waals surface area contributed by atoms with E-state index < -0.39 is 9.84 Å². The maximum atomic E-state index is 12.8. The van der Waals surface area contributed by atoms with Crippen molar-refractivity contribution in [1.82, 2.24) is 0 Å². The SMILES string of the molecule is CC1=C(CS(=O)(=O)c2ccccc2Br)C(C)(C)CC(Br)C1=O. The Morgan fingerprint density at radius 3 is 2.45 bits per heavy atom. The van der Waals surface area contributed by atoms with Crippen molar-refractivity contribution in [2.24, 2.45) is 5.41 Å². The number of halogens is 2. The van der Waals surface area contributed by atoms with Crippen LogP contribution in [0.4, 0.5) is 0 Å². The minimum absolute atomic E-state index is 0.0170. The summed E-state index contributed by atoms with van der Waals surface area (Å²) in [7, 11) is -3.51. The molecule has 0 saturated carbocycles. The first-order chi connectivity index (χ1) is 10.1. The van der Waals surface area contributed by atoms with E-state index in [4.69, 9.17) is 0 Å². The van der Waals surface area contributed by atoms with Gasteiger partial charge < -0.3 is 0 Å². The second kappa shape index (κ2) is 6.21. The number of benzene rings is 1. The molecule has 0 aliphatic heterocycles. The summed E-state index contributed by atoms with van der Waals surface area (Å²) >= 11 is 6.68. The van der Waals surface area contributed by atoms with Gasteiger partial charge in [0.2, 0.25) is 0 Å². The van der Waals surface area contributed by atoms with Crippen LogP contribution in [0, 0.1) is 5.41 Å². The first-order valence-electron chi connectivity index (χ1n) is 6.92. The zero-order chi connectivity index (χ0) is 16.7. The van der Waals surface area contributed by atoms with Gasteiger partial charge >= 0.3 is 0 Å². The number of hydrogen-bond donors (Lipinski definition) is 0. The molecule has 6 heteroatoms. The summed E-state index contributed by atoms with van der Waals surface area (Å²) in [5.74, 6) is -0.142. The Hall–Kier alpha value is -0.460. The van der Waals surface area contributed by atoms with Crippen LogP contribution in [0.2, 0.25) is 0 Å². The van der Waals surface area contributed by atoms with Crippen molar-refractivity contribution in [1.29, 1.82) is 0 Å². The van der Waals surface area contributed by atoms with E-state index in [0.717, 1.165) is 0 Å². The van der Waals surface area contributed by atoms with E-state index >= 15 is 0 Å². The minimum Gasteiger partial charge on any atom is -0.293 e. The fourth-order valence-corrected chi connectivity index (χ4v) is 6.79. The van der Waals surface area contributed by atoms with Gasteiger partial charge in [-0.15, -0.1) is 0 Å². The molecule has 120 valence electrons. The largest absolute Gasteiger partial charge is 0.293 e. The summed E-state index contributed by atoms with van der Waals surface area (Å²) in [6, 6.07) is 6.77. The van der Waals surface area contributed by atoms with Gasteiger partial charge in [-0.2, -0.15) is 0 Å². The van der Waals surface area contributed by atoms with E-state index in [2.05, 4.69) is 31.9 Å². The molecule has 3 nitrogen and oxygen atoms in total. The number of alkyl halides is 1. The van der Waals surface area contributed by atoms with Crippen LogP contribution < -0.4 is 0 Å². The molecule has 1 aliphatic rings. The quantitative estimate of drug-likeness (QED) is 0.646. The Kier molecular flexibility index (Phi) is 5.05. The molecule has 1 aromatic carbocycles. The van der Waals surface area contributed by atoms with Crippen LogP contribution >= 0.6 is 31.9 Å². The van der Waals surface area contributed by atoms with E-state index in [1.54, 1.807) is 31.2 Å². The van der Waals surface area contributed by atoms with Gasteiger partial charge in [0.15, 0.2) is 15.6 Å². The van der Waals surface area contributed by atoms with Crippen molar-refractivity contribution in [3.05, 3.63) is 39.9 Å². The number of Topliss-reactive ketones (excluding diaryl/α,β-unsaturated/α-hetero) is 1. The normalized spacial score (nSPS) is 22.0. The minimum atomic E-state index is -3.51. The van der Waals surface area contributed by atoms with Gasteiger partial charge in [0.05, 0.1) is 15.5 Å². The fraction of sp³-hybridized carbons (Fsp3) is 0.438. The van der Waals surface area contributed by atoms with Crippen molar-refractivity contribution in [2.45, 2.75) is 36.9 Å². The third-order valence-electron chi connectivity index (χ3n) is 4.12. The lowest BCUT2D eigenvalue weighted by atomic mass is 9.73. The van der Waals surface area contributed by atoms with Gasteiger partial charge in [-0.1, -0.05) is 41.9 Å². The van der Waals surface area contributed by atoms with Crippen molar-refractivity contribution >= 4 is 47.5 Å². The first-order valence-corrected chi connectivity index (χ1v) is 10.3. The van der Waals surface area contributed by atoms with E-state index in [-0.39, 0.29) is 26.7 Å². The summed E-state index contributed by atoms with van der Waals surface area (Å²) in [5.41, 5.74) is 0.943. The number of hydrogen-bond acceptors (Lipinski definition) is 3. The Morgan fingerprint density at radius 1 is 1.27 bits per heavy atom. The first kappa shape index (κ1) is 17.9. The molecule has 1 aromatic rings. The smallest absolute Gasteiger partial charge is 0.183 e. The lowest BCUT2D eigenvalue weighted by molar-refractivity contribution is -0.116. The van der Waals surface area contributed by atoms with Crippen LogP contribution in [0.15, 0.2) is 44.8 Å². The molecule has 0 amide bonds. The predicted molar refractivity (Wildman–Crippen MR) is 95.0 cm³/mol. The molecule has 0 saturated heterocycles. The summed E-state index contributed by atoms with van der Waals surface area (Å²) in [5, 5.41) is 0. The number of sulfone groups is 1. The molecule has 0 heterocycles. The molecule has 0 bridgehead atoms. The average molecular weight is 450 g/mol. The van der Waals surface area contributed by atoms with Crippen LogP contribution in [0.25, 0.3) is 0 Å². The summed E-state index contributed by atoms with van der Waals surface area (Å²) < 4.78 is 26.1. The summed E-state index contributed by atoms with van der Waals surface area (Å²) in [6.45, 7) is 5.70. The third kappa shape index (κ3) is 3.39. The molecule has 0 N–H and O–H groups in total. The summed E-state index contributed by atoms with van der Waals surface area (Å²) in [6.07, 6.45) is 0.601. The second-order valence-corrected chi connectivity index (χ2v) is 10.1. The lowest BCUT2D eigenvalue weighted by Crippen LogP contribution is -2.35. The van der Waals surface area contributed by atoms with Crippen LogP contribution in [0.3, 0.4) is 0 Å². The zero-order valence-electron chi connectivity index (χ0n) is 12.7. The Bertz CT molecular complexity index is 748. The van der Waals surface area contributed by atoms with Gasteiger partial charge in [-0.05, 0) is 58.0 Å². The molecule has 1 atom stereocenters. The van der Waals surface area contributed by atoms with Crippen molar-refractivity contribution in [3.8, 4) is 0 Å². The highest BCUT2D eigenvalue weighted by Crippen LogP contribution is 2.42. The summed E-state index contributed by atoms with van der Waals surface area (Å²) in [4.78, 5) is 12.2. The van der Waals surface area contributed by atoms with Gasteiger partial charge in [0.25, 0.3) is 0 Å². The van der Waals surface area contributed by atoms with E-state index in [0.29, 0.717) is 22.0 Å². The second-order valence-electron chi connectivity index (χ2n) is 6.21. The Balaban J connectivity index is 2.49. The third-order valence-corrected chi connectivity index (χ3v) is 7.51. The molecule has 2 rings (SSSR count). The van der Waals surface area contributed by atoms with Gasteiger partial charge in [-0.25, -0.2) is 8.42 Å². The Morgan fingerprint density at radius 2 is 1.86 bits per heavy atom. The number of carbonyl (C=O) groups is 1. The van der Waals surface area contributed by atoms with Gasteiger partial charge in [0, 0.05) is 4.47 Å². The molecule has 0 radical (unpaired) electrons. The van der Waals surface area contributed by atoms with E-state index in [9.17, 15) is 13.2 Å². The van der Waals surface area contributed by atoms with Crippen LogP contribution in [0.5, 0.6) is 0 Å². The molecule has 0 fully saturated rings. The molecular formula is C16H18Br2O3S. The van der Waals surface area contributed by atoms with Crippen molar-refractivity contribution in [2.75, 3.05) is 5.75 Å². The Labute approximate surface area is 148 Å². The van der Waals surface area contributed by atoms with Crippen molar-refractivity contribution < 1.29 is 13.2 Å². The topological polar surface area (TPSA) is 51.2 Å². The highest BCUT2D eigenvalue weighted by molar-refractivity contribution is 9.10. The van der Waals surface area contributed by atoms with Crippen LogP contribution in [-0.2, 0) is 14.6 Å². The number of allylic oxidation sites excluding steroid dienone is 1. The maximum Gasteiger partial charge on any atom is 0.183 e. The number of carbonyl (C=O) groups excluding carboxylic acids is 1. The molecule has 1 unspecified atom stereocenters. The molecule has 0 aromatic heterocycles. The van der Waals surface area contributed by atoms with Gasteiger partial charge in [0.1, 0.15) is 0 Å². The molecule has 0 spiro atoms. The van der Waals surface area contributed by atoms with Crippen LogP contribution in [0.1, 0.15) is 27.2 Å². The maximum absolute atomic E-state index is 12.8. The molecule has 22 heavy (non-hydrogen) atoms. The van der Waals surface area contributed by atoms with Crippen LogP contribution in [-0.4, -0.2) is 24.8 Å².